The highest BCUT2D eigenvalue weighted by atomic mass is 16.3. The second kappa shape index (κ2) is 7.28. The Bertz CT molecular complexity index is 383. The zero-order valence-electron chi connectivity index (χ0n) is 12.5. The van der Waals surface area contributed by atoms with Gasteiger partial charge in [0.25, 0.3) is 0 Å². The van der Waals surface area contributed by atoms with Crippen LogP contribution in [0.4, 0.5) is 11.6 Å². The van der Waals surface area contributed by atoms with Crippen LogP contribution in [-0.2, 0) is 0 Å². The molecular formula is C14H26N4O. The van der Waals surface area contributed by atoms with E-state index in [9.17, 15) is 5.11 Å². The van der Waals surface area contributed by atoms with E-state index in [0.29, 0.717) is 0 Å². The fourth-order valence-corrected chi connectivity index (χ4v) is 1.94. The van der Waals surface area contributed by atoms with E-state index in [-0.39, 0.29) is 12.1 Å². The number of rotatable bonds is 8. The van der Waals surface area contributed by atoms with E-state index in [0.717, 1.165) is 43.0 Å². The minimum Gasteiger partial charge on any atom is -0.394 e. The van der Waals surface area contributed by atoms with Crippen LogP contribution in [0, 0.1) is 6.92 Å². The van der Waals surface area contributed by atoms with Gasteiger partial charge < -0.3 is 15.7 Å². The third-order valence-corrected chi connectivity index (χ3v) is 3.67. The van der Waals surface area contributed by atoms with Gasteiger partial charge in [-0.25, -0.2) is 9.97 Å². The first kappa shape index (κ1) is 15.7. The monoisotopic (exact) mass is 266 g/mol. The van der Waals surface area contributed by atoms with Crippen LogP contribution < -0.4 is 10.6 Å². The van der Waals surface area contributed by atoms with Crippen molar-refractivity contribution in [1.29, 1.82) is 0 Å². The zero-order chi connectivity index (χ0) is 14.3. The van der Waals surface area contributed by atoms with E-state index < -0.39 is 0 Å². The highest BCUT2D eigenvalue weighted by molar-refractivity contribution is 5.57. The van der Waals surface area contributed by atoms with Crippen LogP contribution in [0.1, 0.15) is 45.6 Å². The van der Waals surface area contributed by atoms with E-state index in [1.54, 1.807) is 6.33 Å². The molecule has 0 saturated heterocycles. The second-order valence-electron chi connectivity index (χ2n) is 4.89. The molecule has 3 N–H and O–H groups in total. The lowest BCUT2D eigenvalue weighted by Crippen LogP contribution is -2.41. The number of hydrogen-bond acceptors (Lipinski definition) is 5. The van der Waals surface area contributed by atoms with Crippen LogP contribution >= 0.6 is 0 Å². The first-order valence-corrected chi connectivity index (χ1v) is 7.07. The van der Waals surface area contributed by atoms with Crippen molar-refractivity contribution in [2.24, 2.45) is 0 Å². The Morgan fingerprint density at radius 3 is 2.32 bits per heavy atom. The standard InChI is InChI=1S/C14H26N4O/c1-5-8-15-12-11(4)13(17-10-16-12)18-14(6-2,7-3)9-19/h10,19H,5-9H2,1-4H3,(H2,15,16,17,18). The summed E-state index contributed by atoms with van der Waals surface area (Å²) >= 11 is 0. The minimum atomic E-state index is -0.304. The SMILES string of the molecule is CCCNc1ncnc(NC(CC)(CC)CO)c1C. The van der Waals surface area contributed by atoms with Gasteiger partial charge in [0.2, 0.25) is 0 Å². The molecule has 0 amide bonds. The van der Waals surface area contributed by atoms with Crippen molar-refractivity contribution < 1.29 is 5.11 Å². The van der Waals surface area contributed by atoms with Gasteiger partial charge in [0.1, 0.15) is 18.0 Å². The van der Waals surface area contributed by atoms with Crippen LogP contribution in [0.3, 0.4) is 0 Å². The molecule has 1 heterocycles. The zero-order valence-corrected chi connectivity index (χ0v) is 12.5. The Morgan fingerprint density at radius 1 is 1.16 bits per heavy atom. The summed E-state index contributed by atoms with van der Waals surface area (Å²) in [6, 6.07) is 0. The lowest BCUT2D eigenvalue weighted by atomic mass is 9.93. The summed E-state index contributed by atoms with van der Waals surface area (Å²) in [4.78, 5) is 8.56. The maximum atomic E-state index is 9.62. The molecule has 19 heavy (non-hydrogen) atoms. The quantitative estimate of drug-likeness (QED) is 0.674. The first-order chi connectivity index (χ1) is 9.12. The fraction of sp³-hybridized carbons (Fsp3) is 0.714. The van der Waals surface area contributed by atoms with Gasteiger partial charge in [-0.15, -0.1) is 0 Å². The van der Waals surface area contributed by atoms with E-state index >= 15 is 0 Å². The van der Waals surface area contributed by atoms with Crippen LogP contribution in [0.2, 0.25) is 0 Å². The number of hydrogen-bond donors (Lipinski definition) is 3. The summed E-state index contributed by atoms with van der Waals surface area (Å²) in [7, 11) is 0. The van der Waals surface area contributed by atoms with Crippen molar-refractivity contribution in [3.05, 3.63) is 11.9 Å². The van der Waals surface area contributed by atoms with Gasteiger partial charge in [-0.1, -0.05) is 20.8 Å². The molecule has 5 nitrogen and oxygen atoms in total. The number of nitrogens with one attached hydrogen (secondary N) is 2. The summed E-state index contributed by atoms with van der Waals surface area (Å²) in [6.07, 6.45) is 4.31. The molecule has 0 fully saturated rings. The van der Waals surface area contributed by atoms with E-state index in [1.807, 2.05) is 6.92 Å². The summed E-state index contributed by atoms with van der Waals surface area (Å²) in [5.41, 5.74) is 0.692. The molecule has 0 aliphatic rings. The number of anilines is 2. The summed E-state index contributed by atoms with van der Waals surface area (Å²) in [6.45, 7) is 9.24. The fourth-order valence-electron chi connectivity index (χ4n) is 1.94. The Balaban J connectivity index is 2.94. The second-order valence-corrected chi connectivity index (χ2v) is 4.89. The van der Waals surface area contributed by atoms with Crippen LogP contribution in [-0.4, -0.2) is 33.8 Å². The molecule has 0 aromatic carbocycles. The summed E-state index contributed by atoms with van der Waals surface area (Å²) < 4.78 is 0. The van der Waals surface area contributed by atoms with E-state index in [2.05, 4.69) is 41.4 Å². The molecular weight excluding hydrogens is 240 g/mol. The lowest BCUT2D eigenvalue weighted by Gasteiger charge is -2.32. The number of nitrogens with zero attached hydrogens (tertiary/aromatic N) is 2. The molecule has 0 aliphatic heterocycles. The highest BCUT2D eigenvalue weighted by Gasteiger charge is 2.26. The molecule has 0 unspecified atom stereocenters. The summed E-state index contributed by atoms with van der Waals surface area (Å²) in [5, 5.41) is 16.3. The normalized spacial score (nSPS) is 11.4. The Morgan fingerprint density at radius 2 is 1.79 bits per heavy atom. The van der Waals surface area contributed by atoms with Gasteiger partial charge in [-0.2, -0.15) is 0 Å². The minimum absolute atomic E-state index is 0.0984. The van der Waals surface area contributed by atoms with Crippen molar-refractivity contribution in [2.75, 3.05) is 23.8 Å². The van der Waals surface area contributed by atoms with Gasteiger partial charge in [0.05, 0.1) is 12.1 Å². The van der Waals surface area contributed by atoms with Gasteiger partial charge in [0, 0.05) is 12.1 Å². The average molecular weight is 266 g/mol. The molecule has 0 saturated carbocycles. The van der Waals surface area contributed by atoms with Crippen molar-refractivity contribution in [2.45, 2.75) is 52.5 Å². The predicted octanol–water partition coefficient (Wildman–Crippen LogP) is 2.57. The molecule has 0 spiro atoms. The van der Waals surface area contributed by atoms with Crippen molar-refractivity contribution in [1.82, 2.24) is 9.97 Å². The topological polar surface area (TPSA) is 70.1 Å². The molecule has 0 atom stereocenters. The van der Waals surface area contributed by atoms with Gasteiger partial charge in [0.15, 0.2) is 0 Å². The molecule has 1 rings (SSSR count). The largest absolute Gasteiger partial charge is 0.394 e. The van der Waals surface area contributed by atoms with Crippen molar-refractivity contribution in [3.63, 3.8) is 0 Å². The third-order valence-electron chi connectivity index (χ3n) is 3.67. The van der Waals surface area contributed by atoms with Crippen molar-refractivity contribution >= 4 is 11.6 Å². The maximum absolute atomic E-state index is 9.62. The van der Waals surface area contributed by atoms with Gasteiger partial charge in [-0.3, -0.25) is 0 Å². The summed E-state index contributed by atoms with van der Waals surface area (Å²) in [5.74, 6) is 1.66. The van der Waals surface area contributed by atoms with Crippen LogP contribution in [0.25, 0.3) is 0 Å². The van der Waals surface area contributed by atoms with E-state index in [4.69, 9.17) is 0 Å². The number of aromatic nitrogens is 2. The molecule has 108 valence electrons. The van der Waals surface area contributed by atoms with E-state index in [1.165, 1.54) is 0 Å². The molecule has 0 aliphatic carbocycles. The molecule has 1 aromatic rings. The van der Waals surface area contributed by atoms with Crippen LogP contribution in [0.15, 0.2) is 6.33 Å². The number of aliphatic hydroxyl groups is 1. The lowest BCUT2D eigenvalue weighted by molar-refractivity contribution is 0.202. The Hall–Kier alpha value is -1.36. The average Bonchev–Trinajstić information content (AvgIpc) is 2.45. The molecule has 1 aromatic heterocycles. The predicted molar refractivity (Wildman–Crippen MR) is 79.6 cm³/mol. The molecule has 0 bridgehead atoms. The number of aliphatic hydroxyl groups excluding tert-OH is 1. The highest BCUT2D eigenvalue weighted by Crippen LogP contribution is 2.25. The maximum Gasteiger partial charge on any atom is 0.134 e. The van der Waals surface area contributed by atoms with Gasteiger partial charge >= 0.3 is 0 Å². The van der Waals surface area contributed by atoms with Gasteiger partial charge in [-0.05, 0) is 26.2 Å². The first-order valence-electron chi connectivity index (χ1n) is 7.07. The van der Waals surface area contributed by atoms with Crippen LogP contribution in [0.5, 0.6) is 0 Å². The third kappa shape index (κ3) is 3.80. The Kier molecular flexibility index (Phi) is 6.02. The Labute approximate surface area is 115 Å². The molecule has 0 radical (unpaired) electrons. The smallest absolute Gasteiger partial charge is 0.134 e. The molecule has 5 heteroatoms. The van der Waals surface area contributed by atoms with Crippen molar-refractivity contribution in [3.8, 4) is 0 Å².